The van der Waals surface area contributed by atoms with Gasteiger partial charge < -0.3 is 14.9 Å². The van der Waals surface area contributed by atoms with E-state index in [0.717, 1.165) is 0 Å². The predicted molar refractivity (Wildman–Crippen MR) is 37.6 cm³/mol. The van der Waals surface area contributed by atoms with Gasteiger partial charge in [-0.25, -0.2) is 4.79 Å². The van der Waals surface area contributed by atoms with E-state index in [1.807, 2.05) is 5.32 Å². The fraction of sp³-hybridized carbons (Fsp3) is 0.667. The van der Waals surface area contributed by atoms with Crippen LogP contribution in [0.15, 0.2) is 0 Å². The van der Waals surface area contributed by atoms with Gasteiger partial charge in [0, 0.05) is 0 Å². The number of hydrogen-bond acceptors (Lipinski definition) is 4. The molecule has 3 N–H and O–H groups in total. The van der Waals surface area contributed by atoms with E-state index >= 15 is 0 Å². The third-order valence-electron chi connectivity index (χ3n) is 0.835. The Labute approximate surface area is 65.0 Å². The first-order valence-corrected chi connectivity index (χ1v) is 3.22. The maximum atomic E-state index is 10.5. The number of carbonyl (C=O) groups is 1. The van der Waals surface area contributed by atoms with Gasteiger partial charge in [-0.2, -0.15) is 0 Å². The molecule has 0 saturated heterocycles. The predicted octanol–water partition coefficient (Wildman–Crippen LogP) is -0.753. The van der Waals surface area contributed by atoms with Gasteiger partial charge in [0.2, 0.25) is 0 Å². The van der Waals surface area contributed by atoms with E-state index in [1.54, 1.807) is 0 Å². The van der Waals surface area contributed by atoms with E-state index < -0.39 is 18.9 Å². The minimum absolute atomic E-state index is 0.198. The highest BCUT2D eigenvalue weighted by atomic mass is 16.6. The second-order valence-electron chi connectivity index (χ2n) is 1.83. The minimum Gasteiger partial charge on any atom is -0.450 e. The van der Waals surface area contributed by atoms with Gasteiger partial charge in [-0.15, -0.1) is 0 Å². The minimum atomic E-state index is -1.26. The van der Waals surface area contributed by atoms with E-state index in [0.29, 0.717) is 6.42 Å². The molecule has 0 aliphatic carbocycles. The van der Waals surface area contributed by atoms with Crippen LogP contribution in [-0.4, -0.2) is 35.7 Å². The highest BCUT2D eigenvalue weighted by Crippen LogP contribution is 1.82. The van der Waals surface area contributed by atoms with Gasteiger partial charge in [0.1, 0.15) is 0 Å². The Bertz CT molecular complexity index is 117. The molecule has 0 spiro atoms. The van der Waals surface area contributed by atoms with Crippen LogP contribution in [0.1, 0.15) is 6.42 Å². The molecule has 1 amide bonds. The first-order valence-electron chi connectivity index (χ1n) is 3.22. The molecule has 5 heteroatoms. The molecule has 0 aliphatic heterocycles. The molecular weight excluding hydrogens is 150 g/mol. The maximum Gasteiger partial charge on any atom is 0.409 e. The zero-order chi connectivity index (χ0) is 8.69. The van der Waals surface area contributed by atoms with Gasteiger partial charge in [0.25, 0.3) is 0 Å². The van der Waals surface area contributed by atoms with Gasteiger partial charge in [-0.3, -0.25) is 5.32 Å². The van der Waals surface area contributed by atoms with Crippen LogP contribution in [0.5, 0.6) is 0 Å². The van der Waals surface area contributed by atoms with Crippen LogP contribution in [0.25, 0.3) is 0 Å². The number of hydrogen-bond donors (Lipinski definition) is 3. The fourth-order valence-corrected chi connectivity index (χ4v) is 0.388. The Balaban J connectivity index is 3.36. The first-order chi connectivity index (χ1) is 5.20. The lowest BCUT2D eigenvalue weighted by Crippen LogP contribution is -2.37. The molecule has 0 fully saturated rings. The highest BCUT2D eigenvalue weighted by Gasteiger charge is 2.06. The largest absolute Gasteiger partial charge is 0.450 e. The molecule has 0 aromatic carbocycles. The molecule has 0 saturated carbocycles. The lowest BCUT2D eigenvalue weighted by Gasteiger charge is -2.09. The molecule has 1 atom stereocenters. The number of amides is 1. The maximum absolute atomic E-state index is 10.5. The van der Waals surface area contributed by atoms with Crippen molar-refractivity contribution in [3.8, 4) is 0 Å². The van der Waals surface area contributed by atoms with Crippen molar-refractivity contribution in [1.82, 2.24) is 5.32 Å². The number of nitrogens with one attached hydrogen (secondary N) is 1. The number of carbonyl (C=O) groups excluding carboxylic acids is 1. The molecule has 1 radical (unpaired) electrons. The van der Waals surface area contributed by atoms with Crippen LogP contribution in [-0.2, 0) is 4.74 Å². The van der Waals surface area contributed by atoms with Crippen LogP contribution in [0.2, 0.25) is 0 Å². The SMILES string of the molecule is [CH2]CCOC(=O)NC(O)CO. The van der Waals surface area contributed by atoms with Crippen molar-refractivity contribution in [2.24, 2.45) is 0 Å². The summed E-state index contributed by atoms with van der Waals surface area (Å²) >= 11 is 0. The molecular formula is C6H12NO4. The molecule has 1 unspecified atom stereocenters. The average molecular weight is 162 g/mol. The Morgan fingerprint density at radius 2 is 2.36 bits per heavy atom. The standard InChI is InChI=1S/C6H12NO4/c1-2-3-11-6(10)7-5(9)4-8/h5,8-9H,1-4H2,(H,7,10). The van der Waals surface area contributed by atoms with E-state index in [4.69, 9.17) is 10.2 Å². The quantitative estimate of drug-likeness (QED) is 0.475. The molecule has 5 nitrogen and oxygen atoms in total. The lowest BCUT2D eigenvalue weighted by molar-refractivity contribution is 0.0578. The average Bonchev–Trinajstić information content (AvgIpc) is 2.00. The summed E-state index contributed by atoms with van der Waals surface area (Å²) in [5, 5.41) is 18.9. The first kappa shape index (κ1) is 10.2. The topological polar surface area (TPSA) is 78.8 Å². The number of alkyl carbamates (subject to hydrolysis) is 1. The van der Waals surface area contributed by atoms with Gasteiger partial charge in [-0.1, -0.05) is 0 Å². The molecule has 0 aliphatic rings. The number of aliphatic hydroxyl groups is 2. The summed E-state index contributed by atoms with van der Waals surface area (Å²) in [6, 6.07) is 0. The van der Waals surface area contributed by atoms with Crippen molar-refractivity contribution in [3.63, 3.8) is 0 Å². The van der Waals surface area contributed by atoms with Crippen LogP contribution in [0, 0.1) is 6.92 Å². The Hall–Kier alpha value is -0.810. The molecule has 0 aromatic heterocycles. The Kier molecular flexibility index (Phi) is 5.50. The number of ether oxygens (including phenoxy) is 1. The highest BCUT2D eigenvalue weighted by molar-refractivity contribution is 5.67. The third kappa shape index (κ3) is 5.63. The molecule has 0 rings (SSSR count). The second-order valence-corrected chi connectivity index (χ2v) is 1.83. The van der Waals surface area contributed by atoms with Crippen molar-refractivity contribution >= 4 is 6.09 Å². The zero-order valence-electron chi connectivity index (χ0n) is 6.12. The third-order valence-corrected chi connectivity index (χ3v) is 0.835. The smallest absolute Gasteiger partial charge is 0.409 e. The lowest BCUT2D eigenvalue weighted by atomic mass is 10.5. The van der Waals surface area contributed by atoms with E-state index in [2.05, 4.69) is 11.7 Å². The summed E-state index contributed by atoms with van der Waals surface area (Å²) in [5.41, 5.74) is 0. The van der Waals surface area contributed by atoms with Crippen LogP contribution in [0.4, 0.5) is 4.79 Å². The second kappa shape index (κ2) is 5.94. The van der Waals surface area contributed by atoms with E-state index in [-0.39, 0.29) is 6.61 Å². The van der Waals surface area contributed by atoms with E-state index in [9.17, 15) is 4.79 Å². The Morgan fingerprint density at radius 3 is 2.82 bits per heavy atom. The summed E-state index contributed by atoms with van der Waals surface area (Å²) < 4.78 is 4.48. The molecule has 0 aromatic rings. The molecule has 0 bridgehead atoms. The van der Waals surface area contributed by atoms with Crippen LogP contribution >= 0.6 is 0 Å². The number of rotatable bonds is 4. The molecule has 11 heavy (non-hydrogen) atoms. The summed E-state index contributed by atoms with van der Waals surface area (Å²) in [5.74, 6) is 0. The van der Waals surface area contributed by atoms with Gasteiger partial charge in [0.05, 0.1) is 13.2 Å². The molecule has 0 heterocycles. The van der Waals surface area contributed by atoms with Gasteiger partial charge in [0.15, 0.2) is 6.23 Å². The summed E-state index contributed by atoms with van der Waals surface area (Å²) in [6.45, 7) is 3.11. The fourth-order valence-electron chi connectivity index (χ4n) is 0.388. The number of aliphatic hydroxyl groups excluding tert-OH is 2. The van der Waals surface area contributed by atoms with Crippen molar-refractivity contribution in [1.29, 1.82) is 0 Å². The van der Waals surface area contributed by atoms with Crippen molar-refractivity contribution in [2.75, 3.05) is 13.2 Å². The van der Waals surface area contributed by atoms with Crippen molar-refractivity contribution < 1.29 is 19.7 Å². The summed E-state index contributed by atoms with van der Waals surface area (Å²) in [6.07, 6.45) is -1.54. The van der Waals surface area contributed by atoms with Gasteiger partial charge >= 0.3 is 6.09 Å². The summed E-state index contributed by atoms with van der Waals surface area (Å²) in [4.78, 5) is 10.5. The van der Waals surface area contributed by atoms with Crippen molar-refractivity contribution in [2.45, 2.75) is 12.6 Å². The van der Waals surface area contributed by atoms with Crippen LogP contribution < -0.4 is 5.32 Å². The Morgan fingerprint density at radius 1 is 1.73 bits per heavy atom. The normalized spacial score (nSPS) is 12.3. The van der Waals surface area contributed by atoms with Gasteiger partial charge in [-0.05, 0) is 13.3 Å². The monoisotopic (exact) mass is 162 g/mol. The summed E-state index contributed by atoms with van der Waals surface area (Å²) in [7, 11) is 0. The van der Waals surface area contributed by atoms with Crippen molar-refractivity contribution in [3.05, 3.63) is 6.92 Å². The van der Waals surface area contributed by atoms with Crippen LogP contribution in [0.3, 0.4) is 0 Å². The molecule has 65 valence electrons. The van der Waals surface area contributed by atoms with E-state index in [1.165, 1.54) is 0 Å². The zero-order valence-corrected chi connectivity index (χ0v) is 6.12.